The van der Waals surface area contributed by atoms with Crippen molar-refractivity contribution < 1.29 is 19.4 Å². The van der Waals surface area contributed by atoms with Gasteiger partial charge in [-0.1, -0.05) is 60.2 Å². The number of ether oxygens (including phenoxy) is 1. The lowest BCUT2D eigenvalue weighted by Crippen LogP contribution is -2.42. The van der Waals surface area contributed by atoms with Gasteiger partial charge < -0.3 is 20.1 Å². The van der Waals surface area contributed by atoms with Crippen LogP contribution in [0, 0.1) is 6.92 Å². The zero-order valence-corrected chi connectivity index (χ0v) is 16.5. The summed E-state index contributed by atoms with van der Waals surface area (Å²) in [5, 5.41) is 12.4. The third kappa shape index (κ3) is 3.98. The van der Waals surface area contributed by atoms with Crippen LogP contribution in [0.25, 0.3) is 0 Å². The molecule has 1 aliphatic rings. The largest absolute Gasteiger partial charge is 0.481 e. The van der Waals surface area contributed by atoms with Gasteiger partial charge in [0, 0.05) is 17.8 Å². The van der Waals surface area contributed by atoms with E-state index in [9.17, 15) is 9.59 Å². The number of para-hydroxylation sites is 2. The quantitative estimate of drug-likeness (QED) is 0.645. The highest BCUT2D eigenvalue weighted by Crippen LogP contribution is 2.37. The Labute approximate surface area is 174 Å². The molecule has 0 aliphatic carbocycles. The minimum atomic E-state index is -1.06. The highest BCUT2D eigenvalue weighted by molar-refractivity contribution is 6.01. The number of nitrogens with one attached hydrogen (secondary N) is 1. The lowest BCUT2D eigenvalue weighted by atomic mass is 10.0. The Kier molecular flexibility index (Phi) is 5.39. The predicted octanol–water partition coefficient (Wildman–Crippen LogP) is 4.23. The maximum absolute atomic E-state index is 13.4. The first-order valence-electron chi connectivity index (χ1n) is 9.68. The first-order chi connectivity index (χ1) is 14.5. The predicted molar refractivity (Wildman–Crippen MR) is 113 cm³/mol. The summed E-state index contributed by atoms with van der Waals surface area (Å²) in [5.41, 5.74) is 4.19. The third-order valence-corrected chi connectivity index (χ3v) is 5.06. The van der Waals surface area contributed by atoms with Crippen LogP contribution < -0.4 is 10.1 Å². The molecule has 1 atom stereocenters. The first kappa shape index (κ1) is 19.5. The molecular weight excluding hydrogens is 380 g/mol. The van der Waals surface area contributed by atoms with Crippen molar-refractivity contribution in [3.63, 3.8) is 0 Å². The van der Waals surface area contributed by atoms with Gasteiger partial charge in [-0.3, -0.25) is 4.79 Å². The van der Waals surface area contributed by atoms with Crippen LogP contribution in [0.5, 0.6) is 5.75 Å². The number of carbonyl (C=O) groups is 2. The number of carboxylic acids is 1. The smallest absolute Gasteiger partial charge is 0.341 e. The Bertz CT molecular complexity index is 1080. The van der Waals surface area contributed by atoms with Gasteiger partial charge in [-0.15, -0.1) is 0 Å². The second-order valence-corrected chi connectivity index (χ2v) is 7.23. The third-order valence-electron chi connectivity index (χ3n) is 5.06. The molecule has 3 aromatic carbocycles. The van der Waals surface area contributed by atoms with E-state index in [4.69, 9.17) is 9.84 Å². The zero-order chi connectivity index (χ0) is 21.1. The average molecular weight is 402 g/mol. The van der Waals surface area contributed by atoms with Gasteiger partial charge in [0.15, 0.2) is 6.61 Å². The average Bonchev–Trinajstić information content (AvgIpc) is 2.76. The molecule has 6 nitrogen and oxygen atoms in total. The Morgan fingerprint density at radius 1 is 1.03 bits per heavy atom. The molecule has 152 valence electrons. The van der Waals surface area contributed by atoms with E-state index >= 15 is 0 Å². The summed E-state index contributed by atoms with van der Waals surface area (Å²) in [4.78, 5) is 26.1. The Morgan fingerprint density at radius 2 is 1.73 bits per heavy atom. The number of nitrogens with zero attached hydrogens (tertiary/aromatic N) is 1. The summed E-state index contributed by atoms with van der Waals surface area (Å²) in [7, 11) is 0. The van der Waals surface area contributed by atoms with Crippen molar-refractivity contribution in [2.75, 3.05) is 11.9 Å². The normalized spacial score (nSPS) is 15.3. The molecule has 30 heavy (non-hydrogen) atoms. The van der Waals surface area contributed by atoms with Crippen LogP contribution in [0.3, 0.4) is 0 Å². The van der Waals surface area contributed by atoms with E-state index in [2.05, 4.69) is 5.32 Å². The van der Waals surface area contributed by atoms with Crippen LogP contribution >= 0.6 is 0 Å². The van der Waals surface area contributed by atoms with Crippen LogP contribution in [0.1, 0.15) is 33.2 Å². The van der Waals surface area contributed by atoms with Gasteiger partial charge in [0.1, 0.15) is 11.9 Å². The van der Waals surface area contributed by atoms with Gasteiger partial charge in [-0.25, -0.2) is 4.79 Å². The molecule has 0 saturated carbocycles. The minimum absolute atomic E-state index is 0.0945. The Hall–Kier alpha value is -3.80. The molecule has 0 spiro atoms. The topological polar surface area (TPSA) is 78.9 Å². The van der Waals surface area contributed by atoms with Crippen molar-refractivity contribution in [1.29, 1.82) is 0 Å². The molecule has 1 amide bonds. The van der Waals surface area contributed by atoms with Crippen LogP contribution in [0.15, 0.2) is 72.8 Å². The molecular formula is C24H22N2O4. The van der Waals surface area contributed by atoms with Gasteiger partial charge in [-0.2, -0.15) is 0 Å². The van der Waals surface area contributed by atoms with Gasteiger partial charge in [0.2, 0.25) is 0 Å². The maximum atomic E-state index is 13.4. The van der Waals surface area contributed by atoms with Crippen molar-refractivity contribution in [3.8, 4) is 5.75 Å². The van der Waals surface area contributed by atoms with E-state index in [0.717, 1.165) is 16.8 Å². The minimum Gasteiger partial charge on any atom is -0.481 e. The summed E-state index contributed by atoms with van der Waals surface area (Å²) < 4.78 is 5.51. The van der Waals surface area contributed by atoms with Gasteiger partial charge in [-0.05, 0) is 30.7 Å². The summed E-state index contributed by atoms with van der Waals surface area (Å²) >= 11 is 0. The van der Waals surface area contributed by atoms with Gasteiger partial charge in [0.05, 0.1) is 5.56 Å². The molecule has 0 unspecified atom stereocenters. The van der Waals surface area contributed by atoms with Crippen LogP contribution in [-0.4, -0.2) is 28.5 Å². The monoisotopic (exact) mass is 402 g/mol. The second-order valence-electron chi connectivity index (χ2n) is 7.23. The van der Waals surface area contributed by atoms with Crippen molar-refractivity contribution in [3.05, 3.63) is 95.1 Å². The van der Waals surface area contributed by atoms with E-state index in [1.165, 1.54) is 0 Å². The van der Waals surface area contributed by atoms with Crippen molar-refractivity contribution in [2.45, 2.75) is 19.6 Å². The second kappa shape index (κ2) is 8.29. The van der Waals surface area contributed by atoms with Crippen molar-refractivity contribution >= 4 is 17.6 Å². The molecule has 0 saturated heterocycles. The number of aliphatic carboxylic acids is 1. The molecule has 1 heterocycles. The molecule has 4 rings (SSSR count). The summed E-state index contributed by atoms with van der Waals surface area (Å²) in [5.74, 6) is -0.721. The fourth-order valence-corrected chi connectivity index (χ4v) is 3.57. The zero-order valence-electron chi connectivity index (χ0n) is 16.5. The Morgan fingerprint density at radius 3 is 2.50 bits per heavy atom. The Balaban J connectivity index is 1.74. The van der Waals surface area contributed by atoms with Crippen LogP contribution in [0.4, 0.5) is 5.69 Å². The van der Waals surface area contributed by atoms with Crippen LogP contribution in [-0.2, 0) is 11.3 Å². The van der Waals surface area contributed by atoms with Gasteiger partial charge in [0.25, 0.3) is 5.91 Å². The number of benzene rings is 3. The molecule has 0 radical (unpaired) electrons. The van der Waals surface area contributed by atoms with Crippen molar-refractivity contribution in [1.82, 2.24) is 4.90 Å². The lowest BCUT2D eigenvalue weighted by molar-refractivity contribution is -0.139. The molecule has 0 aromatic heterocycles. The van der Waals surface area contributed by atoms with Gasteiger partial charge >= 0.3 is 5.97 Å². The van der Waals surface area contributed by atoms with E-state index in [0.29, 0.717) is 23.4 Å². The first-order valence-corrected chi connectivity index (χ1v) is 9.68. The van der Waals surface area contributed by atoms with E-state index in [1.54, 1.807) is 23.1 Å². The lowest BCUT2D eigenvalue weighted by Gasteiger charge is -2.38. The molecule has 1 aliphatic heterocycles. The summed E-state index contributed by atoms with van der Waals surface area (Å²) in [6, 6.07) is 22.6. The molecule has 0 bridgehead atoms. The molecule has 2 N–H and O–H groups in total. The van der Waals surface area contributed by atoms with E-state index in [-0.39, 0.29) is 5.91 Å². The number of aryl methyl sites for hydroxylation is 1. The van der Waals surface area contributed by atoms with E-state index < -0.39 is 18.7 Å². The SMILES string of the molecule is Cc1ccc(CN2C(=O)c3ccccc3N[C@H]2c2ccccc2OCC(=O)O)cc1. The number of carboxylic acid groups (broad SMARTS) is 1. The highest BCUT2D eigenvalue weighted by Gasteiger charge is 2.34. The molecule has 3 aromatic rings. The number of anilines is 1. The number of rotatable bonds is 6. The fourth-order valence-electron chi connectivity index (χ4n) is 3.57. The maximum Gasteiger partial charge on any atom is 0.341 e. The summed E-state index contributed by atoms with van der Waals surface area (Å²) in [6.45, 7) is 1.97. The summed E-state index contributed by atoms with van der Waals surface area (Å²) in [6.07, 6.45) is -0.501. The number of carbonyl (C=O) groups excluding carboxylic acids is 1. The van der Waals surface area contributed by atoms with Crippen molar-refractivity contribution in [2.24, 2.45) is 0 Å². The fraction of sp³-hybridized carbons (Fsp3) is 0.167. The van der Waals surface area contributed by atoms with E-state index in [1.807, 2.05) is 61.5 Å². The number of amides is 1. The number of hydrogen-bond acceptors (Lipinski definition) is 4. The van der Waals surface area contributed by atoms with Crippen LogP contribution in [0.2, 0.25) is 0 Å². The number of hydrogen-bond donors (Lipinski definition) is 2. The highest BCUT2D eigenvalue weighted by atomic mass is 16.5. The molecule has 6 heteroatoms. The molecule has 0 fully saturated rings. The standard InChI is InChI=1S/C24H22N2O4/c1-16-10-12-17(13-11-16)14-26-23(25-20-8-4-2-6-18(20)24(26)29)19-7-3-5-9-21(19)30-15-22(27)28/h2-13,23,25H,14-15H2,1H3,(H,27,28)/t23-/m1/s1. The number of fused-ring (bicyclic) bond motifs is 1.